The van der Waals surface area contributed by atoms with Crippen LogP contribution in [-0.4, -0.2) is 19.7 Å². The van der Waals surface area contributed by atoms with E-state index in [0.29, 0.717) is 6.04 Å². The second-order valence-electron chi connectivity index (χ2n) is 5.45. The van der Waals surface area contributed by atoms with Crippen LogP contribution in [0.15, 0.2) is 22.7 Å². The summed E-state index contributed by atoms with van der Waals surface area (Å²) >= 11 is 3.66. The van der Waals surface area contributed by atoms with Crippen molar-refractivity contribution >= 4 is 15.9 Å². The summed E-state index contributed by atoms with van der Waals surface area (Å²) in [6.07, 6.45) is 6.50. The van der Waals surface area contributed by atoms with Gasteiger partial charge in [-0.2, -0.15) is 0 Å². The number of hydrogen-bond donors (Lipinski definition) is 1. The summed E-state index contributed by atoms with van der Waals surface area (Å²) in [6, 6.07) is 6.99. The molecule has 0 spiro atoms. The lowest BCUT2D eigenvalue weighted by Gasteiger charge is -2.30. The van der Waals surface area contributed by atoms with Gasteiger partial charge in [-0.25, -0.2) is 0 Å². The summed E-state index contributed by atoms with van der Waals surface area (Å²) in [5.41, 5.74) is 1.38. The second-order valence-corrected chi connectivity index (χ2v) is 6.30. The molecule has 2 atom stereocenters. The van der Waals surface area contributed by atoms with Gasteiger partial charge in [-0.1, -0.05) is 35.7 Å². The Kier molecular flexibility index (Phi) is 5.71. The number of benzene rings is 1. The predicted octanol–water partition coefficient (Wildman–Crippen LogP) is 4.17. The Morgan fingerprint density at radius 3 is 2.95 bits per heavy atom. The molecule has 1 aromatic carbocycles. The maximum Gasteiger partial charge on any atom is 0.119 e. The van der Waals surface area contributed by atoms with Crippen LogP contribution < -0.4 is 10.1 Å². The minimum Gasteiger partial charge on any atom is -0.497 e. The van der Waals surface area contributed by atoms with Crippen LogP contribution in [0.3, 0.4) is 0 Å². The normalized spacial score (nSPS) is 23.3. The van der Waals surface area contributed by atoms with Crippen molar-refractivity contribution in [2.75, 3.05) is 13.7 Å². The number of ether oxygens (including phenoxy) is 1. The highest BCUT2D eigenvalue weighted by molar-refractivity contribution is 9.10. The SMILES string of the molecule is CCNC1CCCC(Cc2cc(OC)ccc2Br)C1. The van der Waals surface area contributed by atoms with Gasteiger partial charge < -0.3 is 10.1 Å². The van der Waals surface area contributed by atoms with E-state index in [1.54, 1.807) is 7.11 Å². The van der Waals surface area contributed by atoms with Gasteiger partial charge in [0.2, 0.25) is 0 Å². The fraction of sp³-hybridized carbons (Fsp3) is 0.625. The van der Waals surface area contributed by atoms with Crippen molar-refractivity contribution in [3.8, 4) is 5.75 Å². The highest BCUT2D eigenvalue weighted by Gasteiger charge is 2.22. The maximum absolute atomic E-state index is 5.33. The molecule has 0 radical (unpaired) electrons. The van der Waals surface area contributed by atoms with Gasteiger partial charge in [0, 0.05) is 10.5 Å². The maximum atomic E-state index is 5.33. The molecule has 106 valence electrons. The van der Waals surface area contributed by atoms with E-state index >= 15 is 0 Å². The van der Waals surface area contributed by atoms with E-state index in [1.807, 2.05) is 6.07 Å². The molecule has 2 unspecified atom stereocenters. The van der Waals surface area contributed by atoms with E-state index in [-0.39, 0.29) is 0 Å². The number of methoxy groups -OCH3 is 1. The molecule has 0 heterocycles. The van der Waals surface area contributed by atoms with Crippen molar-refractivity contribution in [1.29, 1.82) is 0 Å². The lowest BCUT2D eigenvalue weighted by molar-refractivity contribution is 0.286. The molecule has 1 N–H and O–H groups in total. The molecule has 3 heteroatoms. The zero-order valence-electron chi connectivity index (χ0n) is 11.9. The monoisotopic (exact) mass is 325 g/mol. The van der Waals surface area contributed by atoms with E-state index < -0.39 is 0 Å². The summed E-state index contributed by atoms with van der Waals surface area (Å²) in [4.78, 5) is 0. The van der Waals surface area contributed by atoms with Crippen LogP contribution in [0, 0.1) is 5.92 Å². The van der Waals surface area contributed by atoms with E-state index in [1.165, 1.54) is 35.7 Å². The first-order valence-electron chi connectivity index (χ1n) is 7.28. The lowest BCUT2D eigenvalue weighted by atomic mass is 9.82. The van der Waals surface area contributed by atoms with Crippen molar-refractivity contribution in [2.45, 2.75) is 45.1 Å². The van der Waals surface area contributed by atoms with Crippen LogP contribution in [-0.2, 0) is 6.42 Å². The zero-order chi connectivity index (χ0) is 13.7. The summed E-state index contributed by atoms with van der Waals surface area (Å²) in [6.45, 7) is 3.28. The number of nitrogens with one attached hydrogen (secondary N) is 1. The number of hydrogen-bond acceptors (Lipinski definition) is 2. The summed E-state index contributed by atoms with van der Waals surface area (Å²) in [5.74, 6) is 1.75. The molecule has 19 heavy (non-hydrogen) atoms. The van der Waals surface area contributed by atoms with Crippen molar-refractivity contribution in [2.24, 2.45) is 5.92 Å². The van der Waals surface area contributed by atoms with Gasteiger partial charge in [-0.05, 0) is 55.5 Å². The minimum atomic E-state index is 0.716. The Morgan fingerprint density at radius 1 is 1.37 bits per heavy atom. The average molecular weight is 326 g/mol. The van der Waals surface area contributed by atoms with Crippen LogP contribution in [0.5, 0.6) is 5.75 Å². The zero-order valence-corrected chi connectivity index (χ0v) is 13.5. The quantitative estimate of drug-likeness (QED) is 0.877. The molecule has 1 aliphatic rings. The Hall–Kier alpha value is -0.540. The third-order valence-corrected chi connectivity index (χ3v) is 4.81. The van der Waals surface area contributed by atoms with Gasteiger partial charge in [0.15, 0.2) is 0 Å². The minimum absolute atomic E-state index is 0.716. The molecule has 1 saturated carbocycles. The van der Waals surface area contributed by atoms with Crippen LogP contribution in [0.2, 0.25) is 0 Å². The van der Waals surface area contributed by atoms with Gasteiger partial charge in [0.05, 0.1) is 7.11 Å². The Labute approximate surface area is 125 Å². The number of halogens is 1. The van der Waals surface area contributed by atoms with E-state index in [4.69, 9.17) is 4.74 Å². The van der Waals surface area contributed by atoms with Crippen molar-refractivity contribution < 1.29 is 4.74 Å². The molecule has 0 aliphatic heterocycles. The third-order valence-electron chi connectivity index (χ3n) is 4.04. The van der Waals surface area contributed by atoms with Gasteiger partial charge in [0.25, 0.3) is 0 Å². The van der Waals surface area contributed by atoms with Crippen molar-refractivity contribution in [1.82, 2.24) is 5.32 Å². The molecule has 1 aromatic rings. The van der Waals surface area contributed by atoms with E-state index in [2.05, 4.69) is 40.3 Å². The Bertz CT molecular complexity index is 406. The van der Waals surface area contributed by atoms with Gasteiger partial charge in [0.1, 0.15) is 5.75 Å². The molecule has 0 bridgehead atoms. The standard InChI is InChI=1S/C16H24BrNO/c1-3-18-14-6-4-5-12(10-14)9-13-11-15(19-2)7-8-16(13)17/h7-8,11-12,14,18H,3-6,9-10H2,1-2H3. The first-order chi connectivity index (χ1) is 9.22. The molecule has 0 saturated heterocycles. The molecular formula is C16H24BrNO. The van der Waals surface area contributed by atoms with E-state index in [0.717, 1.165) is 24.6 Å². The van der Waals surface area contributed by atoms with Gasteiger partial charge >= 0.3 is 0 Å². The molecule has 1 fully saturated rings. The highest BCUT2D eigenvalue weighted by Crippen LogP contribution is 2.31. The van der Waals surface area contributed by atoms with Crippen LogP contribution in [0.4, 0.5) is 0 Å². The Balaban J connectivity index is 2.00. The topological polar surface area (TPSA) is 21.3 Å². The van der Waals surface area contributed by atoms with Gasteiger partial charge in [-0.3, -0.25) is 0 Å². The van der Waals surface area contributed by atoms with Crippen LogP contribution in [0.25, 0.3) is 0 Å². The molecular weight excluding hydrogens is 302 g/mol. The molecule has 1 aliphatic carbocycles. The molecule has 0 aromatic heterocycles. The van der Waals surface area contributed by atoms with Crippen molar-refractivity contribution in [3.05, 3.63) is 28.2 Å². The summed E-state index contributed by atoms with van der Waals surface area (Å²) < 4.78 is 6.53. The fourth-order valence-corrected chi connectivity index (χ4v) is 3.50. The average Bonchev–Trinajstić information content (AvgIpc) is 2.42. The molecule has 0 amide bonds. The lowest BCUT2D eigenvalue weighted by Crippen LogP contribution is -2.34. The number of rotatable bonds is 5. The predicted molar refractivity (Wildman–Crippen MR) is 83.8 cm³/mol. The summed E-state index contributed by atoms with van der Waals surface area (Å²) in [5, 5.41) is 3.60. The summed E-state index contributed by atoms with van der Waals surface area (Å²) in [7, 11) is 1.73. The molecule has 2 rings (SSSR count). The second kappa shape index (κ2) is 7.30. The highest BCUT2D eigenvalue weighted by atomic mass is 79.9. The smallest absolute Gasteiger partial charge is 0.119 e. The Morgan fingerprint density at radius 2 is 2.21 bits per heavy atom. The van der Waals surface area contributed by atoms with Crippen LogP contribution >= 0.6 is 15.9 Å². The van der Waals surface area contributed by atoms with Crippen molar-refractivity contribution in [3.63, 3.8) is 0 Å². The van der Waals surface area contributed by atoms with E-state index in [9.17, 15) is 0 Å². The first kappa shape index (κ1) is 14.9. The largest absolute Gasteiger partial charge is 0.497 e. The fourth-order valence-electron chi connectivity index (χ4n) is 3.10. The third kappa shape index (κ3) is 4.22. The first-order valence-corrected chi connectivity index (χ1v) is 8.08. The molecule has 2 nitrogen and oxygen atoms in total. The van der Waals surface area contributed by atoms with Gasteiger partial charge in [-0.15, -0.1) is 0 Å². The van der Waals surface area contributed by atoms with Crippen LogP contribution in [0.1, 0.15) is 38.2 Å².